The van der Waals surface area contributed by atoms with Crippen LogP contribution in [0, 0.1) is 22.7 Å². The molecule has 1 aromatic carbocycles. The third kappa shape index (κ3) is 2.84. The number of halogens is 1. The van der Waals surface area contributed by atoms with E-state index in [1.54, 1.807) is 36.4 Å². The summed E-state index contributed by atoms with van der Waals surface area (Å²) in [5.74, 6) is 0. The molecule has 0 unspecified atom stereocenters. The highest BCUT2D eigenvalue weighted by atomic mass is 35.5. The van der Waals surface area contributed by atoms with E-state index < -0.39 is 0 Å². The van der Waals surface area contributed by atoms with Gasteiger partial charge in [-0.3, -0.25) is 0 Å². The van der Waals surface area contributed by atoms with Crippen molar-refractivity contribution in [1.82, 2.24) is 0 Å². The summed E-state index contributed by atoms with van der Waals surface area (Å²) in [5.41, 5.74) is 5.59. The third-order valence-corrected chi connectivity index (χ3v) is 2.06. The van der Waals surface area contributed by atoms with Crippen molar-refractivity contribution in [2.75, 3.05) is 0 Å². The maximum absolute atomic E-state index is 8.69. The fraction of sp³-hybridized carbons (Fsp3) is 0. The number of benzene rings is 1. The van der Waals surface area contributed by atoms with E-state index in [-0.39, 0.29) is 11.4 Å². The normalized spacial score (nSPS) is 11.7. The molecule has 1 rings (SSSR count). The minimum Gasteiger partial charge on any atom is -0.388 e. The van der Waals surface area contributed by atoms with E-state index in [4.69, 9.17) is 27.9 Å². The number of aliphatic imine (C=N–C) groups is 1. The first-order chi connectivity index (χ1) is 7.69. The van der Waals surface area contributed by atoms with E-state index in [9.17, 15) is 0 Å². The zero-order valence-corrected chi connectivity index (χ0v) is 8.94. The first-order valence-corrected chi connectivity index (χ1v) is 4.65. The average Bonchev–Trinajstić information content (AvgIpc) is 2.31. The number of rotatable bonds is 2. The van der Waals surface area contributed by atoms with Crippen LogP contribution in [0.15, 0.2) is 40.7 Å². The second kappa shape index (κ2) is 5.55. The predicted molar refractivity (Wildman–Crippen MR) is 61.5 cm³/mol. The Morgan fingerprint density at radius 1 is 1.31 bits per heavy atom. The Morgan fingerprint density at radius 2 is 2.00 bits per heavy atom. The van der Waals surface area contributed by atoms with E-state index in [1.165, 1.54) is 6.21 Å². The van der Waals surface area contributed by atoms with Crippen LogP contribution in [0.2, 0.25) is 5.02 Å². The zero-order valence-electron chi connectivity index (χ0n) is 8.18. The standard InChI is InChI=1S/C11H7ClN4/c12-9-4-2-1-3-8(9)7-16-11(6-14)10(15)5-13/h1-4,7H,15H2/b11-10+,16-7?. The van der Waals surface area contributed by atoms with E-state index in [0.717, 1.165) is 0 Å². The van der Waals surface area contributed by atoms with Crippen molar-refractivity contribution in [2.45, 2.75) is 0 Å². The number of nitriles is 2. The quantitative estimate of drug-likeness (QED) is 0.623. The molecule has 0 spiro atoms. The van der Waals surface area contributed by atoms with Crippen LogP contribution in [0.4, 0.5) is 0 Å². The monoisotopic (exact) mass is 230 g/mol. The van der Waals surface area contributed by atoms with E-state index in [2.05, 4.69) is 4.99 Å². The lowest BCUT2D eigenvalue weighted by Crippen LogP contribution is -1.97. The van der Waals surface area contributed by atoms with Crippen molar-refractivity contribution in [1.29, 1.82) is 10.5 Å². The molecule has 0 aliphatic heterocycles. The number of nitrogens with zero attached hydrogens (tertiary/aromatic N) is 3. The Bertz CT molecular complexity index is 532. The number of allylic oxidation sites excluding steroid dienone is 2. The summed E-state index contributed by atoms with van der Waals surface area (Å²) in [6.45, 7) is 0. The minimum absolute atomic E-state index is 0.123. The third-order valence-electron chi connectivity index (χ3n) is 1.72. The maximum Gasteiger partial charge on any atom is 0.174 e. The van der Waals surface area contributed by atoms with Crippen molar-refractivity contribution in [3.05, 3.63) is 46.2 Å². The van der Waals surface area contributed by atoms with Gasteiger partial charge in [0, 0.05) is 16.8 Å². The molecule has 1 aromatic rings. The van der Waals surface area contributed by atoms with Gasteiger partial charge in [0.25, 0.3) is 0 Å². The van der Waals surface area contributed by atoms with Crippen molar-refractivity contribution < 1.29 is 0 Å². The fourth-order valence-electron chi connectivity index (χ4n) is 0.925. The highest BCUT2D eigenvalue weighted by Gasteiger charge is 1.99. The van der Waals surface area contributed by atoms with E-state index in [0.29, 0.717) is 10.6 Å². The van der Waals surface area contributed by atoms with Crippen molar-refractivity contribution in [3.8, 4) is 12.1 Å². The van der Waals surface area contributed by atoms with Gasteiger partial charge >= 0.3 is 0 Å². The molecule has 0 amide bonds. The lowest BCUT2D eigenvalue weighted by atomic mass is 10.2. The fourth-order valence-corrected chi connectivity index (χ4v) is 1.11. The molecular weight excluding hydrogens is 224 g/mol. The van der Waals surface area contributed by atoms with Gasteiger partial charge in [0.1, 0.15) is 17.8 Å². The van der Waals surface area contributed by atoms with Crippen LogP contribution in [-0.4, -0.2) is 6.21 Å². The van der Waals surface area contributed by atoms with Crippen LogP contribution >= 0.6 is 11.6 Å². The Morgan fingerprint density at radius 3 is 2.56 bits per heavy atom. The number of hydrogen-bond donors (Lipinski definition) is 1. The first-order valence-electron chi connectivity index (χ1n) is 4.27. The first kappa shape index (κ1) is 11.8. The topological polar surface area (TPSA) is 86.0 Å². The van der Waals surface area contributed by atoms with Crippen molar-refractivity contribution >= 4 is 17.8 Å². The van der Waals surface area contributed by atoms with Crippen LogP contribution in [0.3, 0.4) is 0 Å². The molecule has 0 bridgehead atoms. The molecule has 0 saturated heterocycles. The summed E-state index contributed by atoms with van der Waals surface area (Å²) in [5, 5.41) is 17.7. The number of nitrogens with two attached hydrogens (primary N) is 1. The summed E-state index contributed by atoms with van der Waals surface area (Å²) in [7, 11) is 0. The van der Waals surface area contributed by atoms with Gasteiger partial charge in [-0.15, -0.1) is 0 Å². The molecule has 16 heavy (non-hydrogen) atoms. The predicted octanol–water partition coefficient (Wildman–Crippen LogP) is 1.98. The van der Waals surface area contributed by atoms with Gasteiger partial charge in [0.15, 0.2) is 5.70 Å². The molecular formula is C11H7ClN4. The summed E-state index contributed by atoms with van der Waals surface area (Å²) < 4.78 is 0. The second-order valence-electron chi connectivity index (χ2n) is 2.77. The van der Waals surface area contributed by atoms with Crippen LogP contribution in [0.25, 0.3) is 0 Å². The van der Waals surface area contributed by atoms with Gasteiger partial charge < -0.3 is 5.73 Å². The molecule has 0 aliphatic rings. The van der Waals surface area contributed by atoms with E-state index >= 15 is 0 Å². The van der Waals surface area contributed by atoms with Crippen LogP contribution < -0.4 is 5.73 Å². The zero-order chi connectivity index (χ0) is 12.0. The Hall–Kier alpha value is -2.30. The lowest BCUT2D eigenvalue weighted by Gasteiger charge is -1.95. The van der Waals surface area contributed by atoms with Crippen LogP contribution in [-0.2, 0) is 0 Å². The van der Waals surface area contributed by atoms with Gasteiger partial charge in [-0.05, 0) is 6.07 Å². The largest absolute Gasteiger partial charge is 0.388 e. The lowest BCUT2D eigenvalue weighted by molar-refractivity contribution is 1.27. The second-order valence-corrected chi connectivity index (χ2v) is 3.17. The average molecular weight is 231 g/mol. The summed E-state index contributed by atoms with van der Waals surface area (Å²) in [6.07, 6.45) is 1.39. The van der Waals surface area contributed by atoms with Crippen LogP contribution in [0.1, 0.15) is 5.56 Å². The Labute approximate surface area is 97.9 Å². The highest BCUT2D eigenvalue weighted by Crippen LogP contribution is 2.13. The molecule has 4 nitrogen and oxygen atoms in total. The van der Waals surface area contributed by atoms with Crippen molar-refractivity contribution in [3.63, 3.8) is 0 Å². The summed E-state index contributed by atoms with van der Waals surface area (Å²) >= 11 is 5.88. The van der Waals surface area contributed by atoms with Crippen LogP contribution in [0.5, 0.6) is 0 Å². The van der Waals surface area contributed by atoms with Gasteiger partial charge in [-0.25, -0.2) is 4.99 Å². The molecule has 0 aromatic heterocycles. The molecule has 2 N–H and O–H groups in total. The Balaban J connectivity index is 3.04. The minimum atomic E-state index is -0.217. The van der Waals surface area contributed by atoms with Gasteiger partial charge in [-0.1, -0.05) is 29.8 Å². The number of hydrogen-bond acceptors (Lipinski definition) is 4. The smallest absolute Gasteiger partial charge is 0.174 e. The molecule has 0 aliphatic carbocycles. The SMILES string of the molecule is N#C/C(N)=C(/C#N)N=Cc1ccccc1Cl. The van der Waals surface area contributed by atoms with Gasteiger partial charge in [0.05, 0.1) is 0 Å². The highest BCUT2D eigenvalue weighted by molar-refractivity contribution is 6.33. The molecule has 5 heteroatoms. The molecule has 0 radical (unpaired) electrons. The Kier molecular flexibility index (Phi) is 4.08. The molecule has 0 heterocycles. The van der Waals surface area contributed by atoms with Gasteiger partial charge in [0.2, 0.25) is 0 Å². The van der Waals surface area contributed by atoms with E-state index in [1.807, 2.05) is 0 Å². The molecule has 0 atom stereocenters. The molecule has 78 valence electrons. The molecule has 0 fully saturated rings. The summed E-state index contributed by atoms with van der Waals surface area (Å²) in [4.78, 5) is 3.81. The molecule has 0 saturated carbocycles. The van der Waals surface area contributed by atoms with Crippen molar-refractivity contribution in [2.24, 2.45) is 10.7 Å². The maximum atomic E-state index is 8.69. The van der Waals surface area contributed by atoms with Gasteiger partial charge in [-0.2, -0.15) is 10.5 Å². The summed E-state index contributed by atoms with van der Waals surface area (Å²) in [6, 6.07) is 10.4.